The smallest absolute Gasteiger partial charge is 0.208 e. The summed E-state index contributed by atoms with van der Waals surface area (Å²) in [5.74, 6) is 2.00. The Labute approximate surface area is 168 Å². The third-order valence-corrected chi connectivity index (χ3v) is 5.13. The molecule has 0 aliphatic carbocycles. The van der Waals surface area contributed by atoms with Crippen LogP contribution in [0.5, 0.6) is 5.75 Å². The summed E-state index contributed by atoms with van der Waals surface area (Å²) in [6, 6.07) is 6.18. The number of guanidine groups is 1. The highest BCUT2D eigenvalue weighted by Gasteiger charge is 2.17. The number of ether oxygens (including phenoxy) is 2. The number of nitrogens with zero attached hydrogens (tertiary/aromatic N) is 1. The lowest BCUT2D eigenvalue weighted by Crippen LogP contribution is -2.38. The van der Waals surface area contributed by atoms with E-state index in [1.807, 2.05) is 6.92 Å². The van der Waals surface area contributed by atoms with Crippen molar-refractivity contribution in [2.24, 2.45) is 10.9 Å². The molecule has 1 atom stereocenters. The summed E-state index contributed by atoms with van der Waals surface area (Å²) in [4.78, 5) is 4.20. The molecular weight excluding hydrogens is 380 g/mol. The summed E-state index contributed by atoms with van der Waals surface area (Å²) >= 11 is 0. The topological polar surface area (TPSA) is 101 Å². The Kier molecular flexibility index (Phi) is 9.01. The second-order valence-electron chi connectivity index (χ2n) is 7.02. The third-order valence-electron chi connectivity index (χ3n) is 4.40. The van der Waals surface area contributed by atoms with Crippen molar-refractivity contribution in [2.75, 3.05) is 46.2 Å². The molecule has 28 heavy (non-hydrogen) atoms. The zero-order valence-electron chi connectivity index (χ0n) is 17.0. The molecule has 8 nitrogen and oxygen atoms in total. The summed E-state index contributed by atoms with van der Waals surface area (Å²) in [6.45, 7) is 5.88. The van der Waals surface area contributed by atoms with Crippen molar-refractivity contribution in [1.82, 2.24) is 15.4 Å². The van der Waals surface area contributed by atoms with Gasteiger partial charge in [0.15, 0.2) is 5.96 Å². The second kappa shape index (κ2) is 11.2. The van der Waals surface area contributed by atoms with E-state index in [1.165, 1.54) is 0 Å². The summed E-state index contributed by atoms with van der Waals surface area (Å²) in [7, 11) is -1.44. The van der Waals surface area contributed by atoms with Crippen molar-refractivity contribution in [1.29, 1.82) is 0 Å². The third kappa shape index (κ3) is 8.45. The van der Waals surface area contributed by atoms with E-state index in [9.17, 15) is 8.42 Å². The van der Waals surface area contributed by atoms with Crippen molar-refractivity contribution in [3.8, 4) is 5.75 Å². The Morgan fingerprint density at radius 1 is 1.32 bits per heavy atom. The number of aryl methyl sites for hydroxylation is 1. The Morgan fingerprint density at radius 2 is 2.14 bits per heavy atom. The maximum atomic E-state index is 11.1. The molecule has 9 heteroatoms. The Morgan fingerprint density at radius 3 is 2.82 bits per heavy atom. The molecule has 0 saturated carbocycles. The second-order valence-corrected chi connectivity index (χ2v) is 8.86. The van der Waals surface area contributed by atoms with Gasteiger partial charge < -0.3 is 20.1 Å². The average molecular weight is 413 g/mol. The van der Waals surface area contributed by atoms with Gasteiger partial charge in [0.25, 0.3) is 0 Å². The van der Waals surface area contributed by atoms with Crippen LogP contribution in [0.15, 0.2) is 23.2 Å². The molecule has 1 fully saturated rings. The molecule has 1 unspecified atom stereocenters. The van der Waals surface area contributed by atoms with Gasteiger partial charge in [0.05, 0.1) is 19.5 Å². The first-order valence-corrected chi connectivity index (χ1v) is 11.5. The van der Waals surface area contributed by atoms with Gasteiger partial charge in [0.1, 0.15) is 5.75 Å². The van der Waals surface area contributed by atoms with Gasteiger partial charge in [0.2, 0.25) is 10.0 Å². The molecule has 0 spiro atoms. The number of benzene rings is 1. The first-order valence-electron chi connectivity index (χ1n) is 9.56. The molecule has 3 N–H and O–H groups in total. The zero-order valence-corrected chi connectivity index (χ0v) is 17.8. The fourth-order valence-electron chi connectivity index (χ4n) is 2.82. The van der Waals surface area contributed by atoms with E-state index in [4.69, 9.17) is 9.47 Å². The van der Waals surface area contributed by atoms with Gasteiger partial charge in [-0.15, -0.1) is 0 Å². The van der Waals surface area contributed by atoms with Gasteiger partial charge >= 0.3 is 0 Å². The van der Waals surface area contributed by atoms with Crippen molar-refractivity contribution in [3.05, 3.63) is 29.3 Å². The van der Waals surface area contributed by atoms with Crippen LogP contribution in [-0.4, -0.2) is 60.6 Å². The Hall–Kier alpha value is -1.84. The number of aliphatic imine (C=N–C) groups is 1. The van der Waals surface area contributed by atoms with E-state index in [-0.39, 0.29) is 0 Å². The van der Waals surface area contributed by atoms with Gasteiger partial charge in [-0.1, -0.05) is 12.1 Å². The fourth-order valence-corrected chi connectivity index (χ4v) is 3.33. The lowest BCUT2D eigenvalue weighted by Gasteiger charge is -2.17. The first kappa shape index (κ1) is 22.4. The van der Waals surface area contributed by atoms with E-state index in [0.717, 1.165) is 42.8 Å². The van der Waals surface area contributed by atoms with Crippen LogP contribution in [0.2, 0.25) is 0 Å². The lowest BCUT2D eigenvalue weighted by atomic mass is 10.1. The molecular formula is C19H32N4O4S. The minimum Gasteiger partial charge on any atom is -0.493 e. The monoisotopic (exact) mass is 412 g/mol. The van der Waals surface area contributed by atoms with E-state index in [0.29, 0.717) is 44.5 Å². The van der Waals surface area contributed by atoms with Crippen molar-refractivity contribution < 1.29 is 17.9 Å². The minimum absolute atomic E-state index is 0.393. The van der Waals surface area contributed by atoms with Crippen molar-refractivity contribution in [2.45, 2.75) is 26.3 Å². The first-order chi connectivity index (χ1) is 13.4. The Balaban J connectivity index is 1.80. The quantitative estimate of drug-likeness (QED) is 0.301. The van der Waals surface area contributed by atoms with Gasteiger partial charge in [-0.3, -0.25) is 4.99 Å². The zero-order chi connectivity index (χ0) is 20.4. The van der Waals surface area contributed by atoms with Crippen molar-refractivity contribution in [3.63, 3.8) is 0 Å². The minimum atomic E-state index is -3.14. The predicted molar refractivity (Wildman–Crippen MR) is 111 cm³/mol. The summed E-state index contributed by atoms with van der Waals surface area (Å²) in [6.07, 6.45) is 2.86. The lowest BCUT2D eigenvalue weighted by molar-refractivity contribution is 0.166. The molecule has 1 aromatic rings. The Bertz CT molecular complexity index is 746. The number of sulfonamides is 1. The number of nitrogens with one attached hydrogen (secondary N) is 3. The van der Waals surface area contributed by atoms with E-state index in [1.54, 1.807) is 7.05 Å². The molecule has 0 aromatic heterocycles. The van der Waals surface area contributed by atoms with E-state index >= 15 is 0 Å². The van der Waals surface area contributed by atoms with Gasteiger partial charge in [-0.25, -0.2) is 13.1 Å². The fraction of sp³-hybridized carbons (Fsp3) is 0.632. The van der Waals surface area contributed by atoms with Crippen LogP contribution >= 0.6 is 0 Å². The summed E-state index contributed by atoms with van der Waals surface area (Å²) in [5, 5.41) is 6.46. The summed E-state index contributed by atoms with van der Waals surface area (Å²) < 4.78 is 36.0. The molecule has 1 aliphatic heterocycles. The van der Waals surface area contributed by atoms with Crippen LogP contribution in [0.3, 0.4) is 0 Å². The maximum absolute atomic E-state index is 11.1. The average Bonchev–Trinajstić information content (AvgIpc) is 3.16. The van der Waals surface area contributed by atoms with Crippen LogP contribution in [-0.2, 0) is 21.3 Å². The molecule has 0 bridgehead atoms. The van der Waals surface area contributed by atoms with E-state index in [2.05, 4.69) is 38.5 Å². The highest BCUT2D eigenvalue weighted by atomic mass is 32.2. The van der Waals surface area contributed by atoms with E-state index < -0.39 is 10.0 Å². The number of rotatable bonds is 10. The molecule has 1 aliphatic rings. The van der Waals surface area contributed by atoms with Crippen LogP contribution in [0.1, 0.15) is 24.0 Å². The van der Waals surface area contributed by atoms with Crippen LogP contribution in [0.4, 0.5) is 0 Å². The standard InChI is InChI=1S/C19H32N4O4S/c1-15-5-6-17(18(11-15)27-14-16-7-10-26-13-16)12-22-19(20-2)21-8-4-9-23-28(3,24)25/h5-6,11,16,23H,4,7-10,12-14H2,1-3H3,(H2,20,21,22). The van der Waals surface area contributed by atoms with Crippen LogP contribution in [0.25, 0.3) is 0 Å². The molecule has 0 radical (unpaired) electrons. The number of hydrogen-bond acceptors (Lipinski definition) is 5. The highest BCUT2D eigenvalue weighted by molar-refractivity contribution is 7.88. The predicted octanol–water partition coefficient (Wildman–Crippen LogP) is 1.01. The number of hydrogen-bond donors (Lipinski definition) is 3. The van der Waals surface area contributed by atoms with Gasteiger partial charge in [-0.2, -0.15) is 0 Å². The normalized spacial score (nSPS) is 17.5. The maximum Gasteiger partial charge on any atom is 0.208 e. The highest BCUT2D eigenvalue weighted by Crippen LogP contribution is 2.22. The van der Waals surface area contributed by atoms with Crippen molar-refractivity contribution >= 4 is 16.0 Å². The molecule has 158 valence electrons. The van der Waals surface area contributed by atoms with Crippen LogP contribution < -0.4 is 20.1 Å². The molecule has 1 aromatic carbocycles. The SMILES string of the molecule is CN=C(NCCCNS(C)(=O)=O)NCc1ccc(C)cc1OCC1CCOC1. The summed E-state index contributed by atoms with van der Waals surface area (Å²) in [5.41, 5.74) is 2.22. The largest absolute Gasteiger partial charge is 0.493 e. The molecule has 0 amide bonds. The van der Waals surface area contributed by atoms with Crippen LogP contribution in [0, 0.1) is 12.8 Å². The molecule has 1 saturated heterocycles. The molecule has 1 heterocycles. The molecule has 2 rings (SSSR count). The van der Waals surface area contributed by atoms with Gasteiger partial charge in [0, 0.05) is 44.8 Å². The van der Waals surface area contributed by atoms with Gasteiger partial charge in [-0.05, 0) is 31.4 Å².